The summed E-state index contributed by atoms with van der Waals surface area (Å²) in [7, 11) is 0. The largest absolute Gasteiger partial charge is 0.364 e. The number of primary amides is 1. The topological polar surface area (TPSA) is 94.1 Å². The van der Waals surface area contributed by atoms with E-state index >= 15 is 0 Å². The van der Waals surface area contributed by atoms with Gasteiger partial charge in [-0.25, -0.2) is 4.68 Å². The Hall–Kier alpha value is -2.70. The molecule has 3 rings (SSSR count). The van der Waals surface area contributed by atoms with Gasteiger partial charge in [-0.15, -0.1) is 5.10 Å². The predicted octanol–water partition coefficient (Wildman–Crippen LogP) is 1.37. The fourth-order valence-electron chi connectivity index (χ4n) is 2.85. The minimum Gasteiger partial charge on any atom is -0.364 e. The number of likely N-dealkylation sites (tertiary alicyclic amines) is 1. The number of rotatable bonds is 3. The van der Waals surface area contributed by atoms with Gasteiger partial charge in [-0.3, -0.25) is 9.59 Å². The van der Waals surface area contributed by atoms with Gasteiger partial charge in [0, 0.05) is 18.7 Å². The maximum absolute atomic E-state index is 12.8. The van der Waals surface area contributed by atoms with Crippen LogP contribution in [0.25, 0.3) is 0 Å². The van der Waals surface area contributed by atoms with Crippen LogP contribution in [0.2, 0.25) is 0 Å². The molecule has 2 N–H and O–H groups in total. The van der Waals surface area contributed by atoms with E-state index in [2.05, 4.69) is 31.1 Å². The molecular weight excluding hydrogens is 306 g/mol. The Balaban J connectivity index is 1.72. The molecule has 1 aromatic heterocycles. The molecule has 2 heterocycles. The van der Waals surface area contributed by atoms with Crippen LogP contribution in [0.3, 0.4) is 0 Å². The first-order chi connectivity index (χ1) is 11.3. The van der Waals surface area contributed by atoms with Crippen LogP contribution in [0.15, 0.2) is 30.5 Å². The summed E-state index contributed by atoms with van der Waals surface area (Å²) in [5, 5.41) is 7.64. The number of carbonyl (C=O) groups excluding carboxylic acids is 2. The lowest BCUT2D eigenvalue weighted by Crippen LogP contribution is -2.51. The second kappa shape index (κ2) is 5.74. The van der Waals surface area contributed by atoms with Crippen molar-refractivity contribution in [3.05, 3.63) is 47.3 Å². The monoisotopic (exact) mass is 327 g/mol. The molecule has 2 aromatic rings. The summed E-state index contributed by atoms with van der Waals surface area (Å²) in [5.41, 5.74) is 6.99. The highest BCUT2D eigenvalue weighted by molar-refractivity contribution is 5.96. The lowest BCUT2D eigenvalue weighted by atomic mass is 9.83. The molecule has 1 aliphatic heterocycles. The van der Waals surface area contributed by atoms with E-state index in [0.29, 0.717) is 13.1 Å². The van der Waals surface area contributed by atoms with Crippen LogP contribution in [0, 0.1) is 0 Å². The molecule has 0 aliphatic carbocycles. The third-order valence-corrected chi connectivity index (χ3v) is 4.25. The Morgan fingerprint density at radius 3 is 2.46 bits per heavy atom. The highest BCUT2D eigenvalue weighted by Crippen LogP contribution is 2.29. The Morgan fingerprint density at radius 2 is 1.88 bits per heavy atom. The molecule has 1 aliphatic rings. The molecule has 7 nitrogen and oxygen atoms in total. The van der Waals surface area contributed by atoms with Crippen LogP contribution >= 0.6 is 0 Å². The molecule has 0 atom stereocenters. The van der Waals surface area contributed by atoms with Gasteiger partial charge in [0.15, 0.2) is 5.69 Å². The Kier molecular flexibility index (Phi) is 3.87. The van der Waals surface area contributed by atoms with Gasteiger partial charge in [0.1, 0.15) is 0 Å². The average Bonchev–Trinajstić information content (AvgIpc) is 2.94. The fraction of sp³-hybridized carbons (Fsp3) is 0.412. The third-order valence-electron chi connectivity index (χ3n) is 4.25. The number of aromatic nitrogens is 3. The van der Waals surface area contributed by atoms with Crippen molar-refractivity contribution in [2.24, 2.45) is 5.73 Å². The highest BCUT2D eigenvalue weighted by atomic mass is 16.2. The summed E-state index contributed by atoms with van der Waals surface area (Å²) in [5.74, 6) is -0.584. The molecule has 126 valence electrons. The van der Waals surface area contributed by atoms with Crippen LogP contribution in [0.5, 0.6) is 0 Å². The van der Waals surface area contributed by atoms with E-state index in [-0.39, 0.29) is 23.1 Å². The van der Waals surface area contributed by atoms with Crippen molar-refractivity contribution in [1.82, 2.24) is 19.9 Å². The maximum Gasteiger partial charge on any atom is 0.270 e. The summed E-state index contributed by atoms with van der Waals surface area (Å²) in [6.45, 7) is 7.37. The summed E-state index contributed by atoms with van der Waals surface area (Å²) < 4.78 is 1.60. The smallest absolute Gasteiger partial charge is 0.270 e. The molecule has 1 aromatic carbocycles. The lowest BCUT2D eigenvalue weighted by molar-refractivity contribution is 0.0495. The number of amides is 2. The second-order valence-corrected chi connectivity index (χ2v) is 7.11. The molecule has 0 bridgehead atoms. The van der Waals surface area contributed by atoms with Gasteiger partial charge in [-0.05, 0) is 17.0 Å². The molecule has 0 saturated carbocycles. The van der Waals surface area contributed by atoms with Crippen molar-refractivity contribution in [1.29, 1.82) is 0 Å². The molecule has 0 unspecified atom stereocenters. The van der Waals surface area contributed by atoms with Gasteiger partial charge in [-0.1, -0.05) is 44.2 Å². The van der Waals surface area contributed by atoms with Crippen LogP contribution in [0.1, 0.15) is 53.2 Å². The molecule has 2 amide bonds. The molecular formula is C17H21N5O2. The minimum atomic E-state index is -0.604. The van der Waals surface area contributed by atoms with Gasteiger partial charge >= 0.3 is 0 Å². The quantitative estimate of drug-likeness (QED) is 0.921. The van der Waals surface area contributed by atoms with Crippen LogP contribution < -0.4 is 5.73 Å². The number of hydrogen-bond acceptors (Lipinski definition) is 4. The number of hydrogen-bond donors (Lipinski definition) is 1. The summed E-state index contributed by atoms with van der Waals surface area (Å²) >= 11 is 0. The van der Waals surface area contributed by atoms with E-state index in [4.69, 9.17) is 5.73 Å². The number of carbonyl (C=O) groups is 2. The van der Waals surface area contributed by atoms with E-state index in [1.807, 2.05) is 24.3 Å². The Labute approximate surface area is 140 Å². The third kappa shape index (κ3) is 2.89. The SMILES string of the molecule is CC(C)(C)c1ccccc1C(=O)N1CC(n2cc(C(N)=O)nn2)C1. The van der Waals surface area contributed by atoms with Crippen LogP contribution in [-0.4, -0.2) is 44.8 Å². The molecule has 0 spiro atoms. The molecule has 1 fully saturated rings. The van der Waals surface area contributed by atoms with Gasteiger partial charge < -0.3 is 10.6 Å². The normalized spacial score (nSPS) is 15.2. The van der Waals surface area contributed by atoms with Crippen molar-refractivity contribution >= 4 is 11.8 Å². The Morgan fingerprint density at radius 1 is 1.21 bits per heavy atom. The molecule has 7 heteroatoms. The minimum absolute atomic E-state index is 0.0204. The lowest BCUT2D eigenvalue weighted by Gasteiger charge is -2.39. The van der Waals surface area contributed by atoms with E-state index in [1.54, 1.807) is 9.58 Å². The van der Waals surface area contributed by atoms with Gasteiger partial charge in [-0.2, -0.15) is 0 Å². The number of benzene rings is 1. The maximum atomic E-state index is 12.8. The van der Waals surface area contributed by atoms with Gasteiger partial charge in [0.05, 0.1) is 12.2 Å². The van der Waals surface area contributed by atoms with Crippen molar-refractivity contribution in [3.8, 4) is 0 Å². The zero-order valence-electron chi connectivity index (χ0n) is 14.1. The van der Waals surface area contributed by atoms with Crippen LogP contribution in [-0.2, 0) is 5.41 Å². The summed E-state index contributed by atoms with van der Waals surface area (Å²) in [6.07, 6.45) is 1.53. The second-order valence-electron chi connectivity index (χ2n) is 7.11. The van der Waals surface area contributed by atoms with Gasteiger partial charge in [0.2, 0.25) is 0 Å². The zero-order valence-corrected chi connectivity index (χ0v) is 14.1. The van der Waals surface area contributed by atoms with Gasteiger partial charge in [0.25, 0.3) is 11.8 Å². The number of nitrogens with zero attached hydrogens (tertiary/aromatic N) is 4. The fourth-order valence-corrected chi connectivity index (χ4v) is 2.85. The standard InChI is InChI=1S/C17H21N5O2/c1-17(2,3)13-7-5-4-6-12(13)16(24)21-8-11(9-21)22-10-14(15(18)23)19-20-22/h4-7,10-11H,8-9H2,1-3H3,(H2,18,23). The van der Waals surface area contributed by atoms with Crippen LogP contribution in [0.4, 0.5) is 0 Å². The molecule has 0 radical (unpaired) electrons. The van der Waals surface area contributed by atoms with E-state index in [9.17, 15) is 9.59 Å². The van der Waals surface area contributed by atoms with Crippen molar-refractivity contribution in [2.75, 3.05) is 13.1 Å². The summed E-state index contributed by atoms with van der Waals surface area (Å²) in [4.78, 5) is 25.6. The van der Waals surface area contributed by atoms with Crippen molar-refractivity contribution in [2.45, 2.75) is 32.2 Å². The first kappa shape index (κ1) is 16.2. The predicted molar refractivity (Wildman–Crippen MR) is 88.6 cm³/mol. The van der Waals surface area contributed by atoms with Crippen molar-refractivity contribution in [3.63, 3.8) is 0 Å². The van der Waals surface area contributed by atoms with Crippen molar-refractivity contribution < 1.29 is 9.59 Å². The van der Waals surface area contributed by atoms with E-state index < -0.39 is 5.91 Å². The zero-order chi connectivity index (χ0) is 17.5. The van der Waals surface area contributed by atoms with E-state index in [1.165, 1.54) is 6.20 Å². The summed E-state index contributed by atoms with van der Waals surface area (Å²) in [6, 6.07) is 7.74. The molecule has 1 saturated heterocycles. The first-order valence-electron chi connectivity index (χ1n) is 7.88. The average molecular weight is 327 g/mol. The first-order valence-corrected chi connectivity index (χ1v) is 7.88. The highest BCUT2D eigenvalue weighted by Gasteiger charge is 2.35. The molecule has 24 heavy (non-hydrogen) atoms. The Bertz CT molecular complexity index is 784. The number of nitrogens with two attached hydrogens (primary N) is 1. The van der Waals surface area contributed by atoms with E-state index in [0.717, 1.165) is 11.1 Å².